The lowest BCUT2D eigenvalue weighted by Gasteiger charge is -2.26. The van der Waals surface area contributed by atoms with Crippen LogP contribution in [-0.4, -0.2) is 187 Å². The van der Waals surface area contributed by atoms with Crippen molar-refractivity contribution >= 4 is 22.7 Å². The number of nitrogens with zero attached hydrogens (tertiary/aromatic N) is 2. The highest BCUT2D eigenvalue weighted by Gasteiger charge is 2.52. The zero-order valence-electron chi connectivity index (χ0n) is 34.6. The lowest BCUT2D eigenvalue weighted by molar-refractivity contribution is -0.518. The molecule has 0 amide bonds. The first-order valence-corrected chi connectivity index (χ1v) is 20.8. The first-order chi connectivity index (χ1) is 30.0. The number of ether oxygens (including phenoxy) is 12. The van der Waals surface area contributed by atoms with E-state index in [4.69, 9.17) is 23.7 Å². The highest BCUT2D eigenvalue weighted by Crippen LogP contribution is 2.34. The fourth-order valence-corrected chi connectivity index (χ4v) is 6.05. The summed E-state index contributed by atoms with van der Waals surface area (Å²) in [4.78, 5) is 10.1. The summed E-state index contributed by atoms with van der Waals surface area (Å²) in [6.07, 6.45) is -27.1. The van der Waals surface area contributed by atoms with Crippen molar-refractivity contribution in [2.75, 3.05) is 113 Å². The van der Waals surface area contributed by atoms with Gasteiger partial charge in [-0.15, -0.1) is 31.5 Å². The van der Waals surface area contributed by atoms with Gasteiger partial charge in [0.25, 0.3) is 0 Å². The van der Waals surface area contributed by atoms with Crippen LogP contribution in [0.5, 0.6) is 0 Å². The van der Waals surface area contributed by atoms with Gasteiger partial charge in [0.2, 0.25) is 0 Å². The van der Waals surface area contributed by atoms with Crippen LogP contribution >= 0.6 is 22.7 Å². The van der Waals surface area contributed by atoms with E-state index in [-0.39, 0.29) is 46.2 Å². The van der Waals surface area contributed by atoms with Gasteiger partial charge in [-0.1, -0.05) is 0 Å². The molecule has 3 unspecified atom stereocenters. The van der Waals surface area contributed by atoms with Gasteiger partial charge >= 0.3 is 30.7 Å². The van der Waals surface area contributed by atoms with Gasteiger partial charge in [-0.3, -0.25) is 4.74 Å². The van der Waals surface area contributed by atoms with Gasteiger partial charge in [-0.2, -0.15) is 35.1 Å². The number of thiazole rings is 2. The van der Waals surface area contributed by atoms with E-state index in [1.807, 2.05) is 6.92 Å². The molecule has 64 heavy (non-hydrogen) atoms. The van der Waals surface area contributed by atoms with E-state index in [1.54, 1.807) is 17.9 Å². The van der Waals surface area contributed by atoms with Gasteiger partial charge < -0.3 is 58.0 Å². The van der Waals surface area contributed by atoms with Crippen LogP contribution in [-0.2, 0) is 69.7 Å². The number of alkyl halides is 10. The highest BCUT2D eigenvalue weighted by atomic mass is 32.1. The predicted molar refractivity (Wildman–Crippen MR) is 200 cm³/mol. The molecule has 0 aliphatic heterocycles. The maximum atomic E-state index is 13.8. The molecule has 0 aliphatic rings. The van der Waals surface area contributed by atoms with Crippen LogP contribution in [0.1, 0.15) is 21.1 Å². The third kappa shape index (κ3) is 28.2. The number of aryl methyl sites for hydroxylation is 2. The molecule has 0 fully saturated rings. The maximum Gasteiger partial charge on any atom is 0.495 e. The third-order valence-corrected chi connectivity index (χ3v) is 9.31. The Kier molecular flexibility index (Phi) is 26.9. The van der Waals surface area contributed by atoms with Crippen LogP contribution in [0, 0.1) is 13.8 Å². The van der Waals surface area contributed by atoms with Crippen LogP contribution in [0.2, 0.25) is 0 Å². The topological polar surface area (TPSA) is 197 Å². The molecule has 2 aromatic heterocycles. The molecule has 0 saturated carbocycles. The summed E-state index contributed by atoms with van der Waals surface area (Å²) >= 11 is 2.82. The van der Waals surface area contributed by atoms with Gasteiger partial charge in [-0.05, 0) is 13.8 Å². The monoisotopic (exact) mass is 994 g/mol. The quantitative estimate of drug-likeness (QED) is 0.0489. The van der Waals surface area contributed by atoms with Crippen molar-refractivity contribution in [2.45, 2.75) is 75.7 Å². The Balaban J connectivity index is 1.44. The van der Waals surface area contributed by atoms with Gasteiger partial charge in [0, 0.05) is 22.6 Å². The highest BCUT2D eigenvalue weighted by molar-refractivity contribution is 7.10. The summed E-state index contributed by atoms with van der Waals surface area (Å²) < 4.78 is 191. The zero-order chi connectivity index (χ0) is 47.7. The van der Waals surface area contributed by atoms with Crippen molar-refractivity contribution in [3.63, 3.8) is 0 Å². The molecule has 2 rings (SSSR count). The summed E-state index contributed by atoms with van der Waals surface area (Å²) in [6.45, 7) is -8.10. The molecular formula is C35H52F10N2O15S2. The summed E-state index contributed by atoms with van der Waals surface area (Å²) in [7, 11) is 0. The molecule has 3 N–H and O–H groups in total. The van der Waals surface area contributed by atoms with Crippen LogP contribution in [0.4, 0.5) is 43.9 Å². The van der Waals surface area contributed by atoms with Crippen molar-refractivity contribution in [3.8, 4) is 0 Å². The first kappa shape index (κ1) is 58.1. The van der Waals surface area contributed by atoms with E-state index in [1.165, 1.54) is 22.7 Å². The van der Waals surface area contributed by atoms with Crippen molar-refractivity contribution in [1.29, 1.82) is 0 Å². The maximum absolute atomic E-state index is 13.8. The molecule has 2 heterocycles. The lowest BCUT2D eigenvalue weighted by Crippen LogP contribution is -2.44. The van der Waals surface area contributed by atoms with Crippen molar-refractivity contribution in [1.82, 2.24) is 9.97 Å². The summed E-state index contributed by atoms with van der Waals surface area (Å²) in [6, 6.07) is 0. The number of aliphatic hydroxyl groups is 3. The molecule has 0 saturated heterocycles. The number of hydrogen-bond acceptors (Lipinski definition) is 19. The number of hydrogen-bond donors (Lipinski definition) is 3. The molecule has 0 aliphatic carbocycles. The van der Waals surface area contributed by atoms with Crippen molar-refractivity contribution in [2.24, 2.45) is 0 Å². The van der Waals surface area contributed by atoms with Gasteiger partial charge in [0.15, 0.2) is 0 Å². The second-order valence-corrected chi connectivity index (χ2v) is 15.1. The number of aliphatic hydroxyl groups excluding tert-OH is 3. The number of halogens is 10. The summed E-state index contributed by atoms with van der Waals surface area (Å²) in [5.74, 6) is 0. The fourth-order valence-electron chi connectivity index (χ4n) is 4.52. The van der Waals surface area contributed by atoms with E-state index in [2.05, 4.69) is 43.1 Å². The average Bonchev–Trinajstić information content (AvgIpc) is 3.78. The van der Waals surface area contributed by atoms with Crippen LogP contribution in [0.3, 0.4) is 0 Å². The first-order valence-electron chi connectivity index (χ1n) is 19.0. The Morgan fingerprint density at radius 1 is 0.453 bits per heavy atom. The standard InChI is InChI=1S/C35H52F10N2O15S2/c1-24-29(63-21-46-24)3-5-51-11-27(49)15-57-18-31(36,37)60-32(38,39)20-59-23-56-10-8-54-14-26(48)13-53-7-9-55-17-33(40,41)61-35(44,45)62-34(42,43)19-58-16-28(50)12-52-6-4-30-25(2)47-22-64-30/h21-22,26-28,48-50H,3-20,23H2,1-2H3. The normalized spacial score (nSPS) is 14.7. The SMILES string of the molecule is Cc1ncsc1CCOCC(O)COCC(F)(F)OC(F)(F)COCOCCOCC(O)COCCOCC(F)(F)OC(F)(F)OC(F)(F)COCC(O)COCCc1scnc1C. The minimum Gasteiger partial charge on any atom is -0.388 e. The smallest absolute Gasteiger partial charge is 0.388 e. The van der Waals surface area contributed by atoms with Gasteiger partial charge in [-0.25, -0.2) is 19.4 Å². The molecule has 29 heteroatoms. The van der Waals surface area contributed by atoms with E-state index < -0.39 is 115 Å². The summed E-state index contributed by atoms with van der Waals surface area (Å²) in [5.41, 5.74) is 4.95. The van der Waals surface area contributed by atoms with Crippen LogP contribution < -0.4 is 0 Å². The number of aromatic nitrogens is 2. The molecule has 0 aromatic carbocycles. The number of rotatable bonds is 40. The third-order valence-electron chi connectivity index (χ3n) is 7.32. The molecule has 2 aromatic rings. The lowest BCUT2D eigenvalue weighted by atomic mass is 10.3. The minimum atomic E-state index is -5.51. The average molecular weight is 995 g/mol. The Morgan fingerprint density at radius 2 is 0.781 bits per heavy atom. The molecule has 17 nitrogen and oxygen atoms in total. The molecule has 3 atom stereocenters. The van der Waals surface area contributed by atoms with Gasteiger partial charge in [0.05, 0.1) is 102 Å². The molecule has 0 spiro atoms. The van der Waals surface area contributed by atoms with E-state index >= 15 is 0 Å². The summed E-state index contributed by atoms with van der Waals surface area (Å²) in [5, 5.41) is 29.4. The molecular weight excluding hydrogens is 942 g/mol. The van der Waals surface area contributed by atoms with Crippen molar-refractivity contribution in [3.05, 3.63) is 32.2 Å². The zero-order valence-corrected chi connectivity index (χ0v) is 36.2. The largest absolute Gasteiger partial charge is 0.495 e. The molecule has 0 bridgehead atoms. The van der Waals surface area contributed by atoms with Crippen LogP contribution in [0.15, 0.2) is 11.0 Å². The van der Waals surface area contributed by atoms with E-state index in [9.17, 15) is 59.2 Å². The second-order valence-electron chi connectivity index (χ2n) is 13.3. The van der Waals surface area contributed by atoms with E-state index in [0.29, 0.717) is 12.8 Å². The van der Waals surface area contributed by atoms with Crippen LogP contribution in [0.25, 0.3) is 0 Å². The molecule has 0 radical (unpaired) electrons. The van der Waals surface area contributed by atoms with Gasteiger partial charge in [0.1, 0.15) is 51.5 Å². The Labute approximate surface area is 368 Å². The van der Waals surface area contributed by atoms with Crippen molar-refractivity contribution < 1.29 is 116 Å². The Bertz CT molecular complexity index is 1520. The van der Waals surface area contributed by atoms with E-state index in [0.717, 1.165) is 21.1 Å². The minimum absolute atomic E-state index is 0.169. The fraction of sp³-hybridized carbons (Fsp3) is 0.829. The second kappa shape index (κ2) is 29.7. The Hall–Kier alpha value is -2.04. The predicted octanol–water partition coefficient (Wildman–Crippen LogP) is 4.16. The molecule has 374 valence electrons. The Morgan fingerprint density at radius 3 is 1.19 bits per heavy atom.